The molecule has 714 valence electrons. The van der Waals surface area contributed by atoms with Crippen LogP contribution < -0.4 is 60.3 Å². The molecule has 0 saturated heterocycles. The number of urea groups is 3. The zero-order chi connectivity index (χ0) is 94.9. The van der Waals surface area contributed by atoms with Gasteiger partial charge in [0.25, 0.3) is 0 Å². The van der Waals surface area contributed by atoms with Crippen LogP contribution in [0.25, 0.3) is 5.69 Å². The van der Waals surface area contributed by atoms with Crippen molar-refractivity contribution in [3.05, 3.63) is 346 Å². The van der Waals surface area contributed by atoms with E-state index in [1.807, 2.05) is 6.07 Å². The van der Waals surface area contributed by atoms with Crippen LogP contribution in [-0.2, 0) is 40.6 Å². The van der Waals surface area contributed by atoms with Crippen LogP contribution in [-0.4, -0.2) is 98.8 Å². The van der Waals surface area contributed by atoms with E-state index in [2.05, 4.69) is 85.6 Å². The van der Waals surface area contributed by atoms with E-state index in [0.29, 0.717) is 33.9 Å². The molecule has 1 saturated carbocycles. The quantitative estimate of drug-likeness (QED) is 0.0177. The Bertz CT molecular complexity index is 5910. The minimum Gasteiger partial charge on any atom is -0.461 e. The summed E-state index contributed by atoms with van der Waals surface area (Å²) in [7, 11) is 0. The number of amides is 6. The number of carbonyl (C=O) groups is 4. The third-order valence-corrected chi connectivity index (χ3v) is 20.0. The number of nitrogens with zero attached hydrogens (tertiary/aromatic N) is 5. The first-order valence-corrected chi connectivity index (χ1v) is 40.1. The number of nitrogens with one attached hydrogen (secondary N) is 7. The highest BCUT2D eigenvalue weighted by molar-refractivity contribution is 7.14. The highest BCUT2D eigenvalue weighted by Gasteiger charge is 2.45. The molecule has 3 heterocycles. The number of esters is 1. The van der Waals surface area contributed by atoms with E-state index in [0.717, 1.165) is 97.0 Å². The second-order valence-corrected chi connectivity index (χ2v) is 29.7. The molecule has 0 aliphatic heterocycles. The van der Waals surface area contributed by atoms with Crippen molar-refractivity contribution >= 4 is 52.3 Å². The van der Waals surface area contributed by atoms with Crippen LogP contribution in [0.5, 0.6) is 34.5 Å². The fraction of sp³-hybridized carbons (Fsp3) is 0.226. The standard InChI is InChI=1S/C33H26F6N4O3.C29H23F6N3O5S.C28H23F6N5O3.3CH4/c1-22-18-29(43(42-22)26-14-6-3-7-15-26)40-30(44)41-31(21-23-10-4-2-5-11-23,24-12-8-16-27(19-24)45-32(34,35)36)25-13-9-17-28(20-25)46-33(37,38)39;1-2-41-24(39)23-17-44-26(36-23)37-25(40)38-27(16-18-8-4-3-5-9-18,19-10-6-12-21(14-19)42-28(30,31)32)20-11-7-13-22(15-20)43-29(33,34)35;29-27(30,31)41-21-10-4-8-19(14-21)26(16-17-6-2-1-3-7-17,20-9-5-11-22(15-20)42-28(32,33)34)37-25(40)36-24-35-23(38-39-24)18-12-13-18;;;/h2-20H,21H2,1H3,(H2,40,41,44);3-15,17H,2,16H2,1H3,(H2,36,37,38,40);1-11,14-15,18H,12-13,16H2,(H3,35,36,37,38,39,40);3*1H4. The minimum absolute atomic E-state index is 0. The third-order valence-electron chi connectivity index (χ3n) is 19.3. The van der Waals surface area contributed by atoms with Crippen molar-refractivity contribution in [3.8, 4) is 40.2 Å². The second-order valence-electron chi connectivity index (χ2n) is 28.9. The number of aryl methyl sites for hydroxylation is 1. The van der Waals surface area contributed by atoms with Crippen LogP contribution in [0.2, 0.25) is 0 Å². The summed E-state index contributed by atoms with van der Waals surface area (Å²) in [6, 6.07) is 62.4. The molecule has 7 N–H and O–H groups in total. The molecule has 23 nitrogen and oxygen atoms in total. The van der Waals surface area contributed by atoms with Gasteiger partial charge in [-0.1, -0.05) is 204 Å². The van der Waals surface area contributed by atoms with Crippen molar-refractivity contribution < 1.29 is 131 Å². The maximum absolute atomic E-state index is 13.9. The van der Waals surface area contributed by atoms with E-state index in [4.69, 9.17) is 4.74 Å². The highest BCUT2D eigenvalue weighted by Crippen LogP contribution is 2.45. The number of ether oxygens (including phenoxy) is 7. The Kier molecular flexibility index (Phi) is 33.8. The van der Waals surface area contributed by atoms with Gasteiger partial charge in [0.15, 0.2) is 10.8 Å². The maximum atomic E-state index is 13.9. The Morgan fingerprint density at radius 1 is 0.393 bits per heavy atom. The number of aromatic amines is 1. The van der Waals surface area contributed by atoms with Gasteiger partial charge in [-0.05, 0) is 162 Å². The molecule has 0 atom stereocenters. The summed E-state index contributed by atoms with van der Waals surface area (Å²) in [5.74, 6) is -3.34. The van der Waals surface area contributed by atoms with Crippen molar-refractivity contribution in [2.75, 3.05) is 22.6 Å². The first kappa shape index (κ1) is 104. The number of thiazole rings is 1. The van der Waals surface area contributed by atoms with E-state index < -0.39 is 113 Å². The van der Waals surface area contributed by atoms with Gasteiger partial charge in [-0.25, -0.2) is 28.8 Å². The summed E-state index contributed by atoms with van der Waals surface area (Å²) in [5, 5.41) is 28.6. The number of halogens is 18. The first-order valence-electron chi connectivity index (χ1n) is 39.2. The number of hydrogen-bond donors (Lipinski definition) is 7. The number of H-pyrrole nitrogens is 1. The van der Waals surface area contributed by atoms with Gasteiger partial charge in [0.1, 0.15) is 46.1 Å². The van der Waals surface area contributed by atoms with Crippen LogP contribution in [0.15, 0.2) is 278 Å². The van der Waals surface area contributed by atoms with E-state index in [1.165, 1.54) is 82.9 Å². The summed E-state index contributed by atoms with van der Waals surface area (Å²) in [6.45, 7) is 3.42. The van der Waals surface area contributed by atoms with E-state index >= 15 is 0 Å². The monoisotopic (exact) mass is 1920 g/mol. The summed E-state index contributed by atoms with van der Waals surface area (Å²) in [4.78, 5) is 61.1. The molecule has 0 bridgehead atoms. The number of aromatic nitrogens is 6. The number of para-hydroxylation sites is 1. The Morgan fingerprint density at radius 3 is 1.00 bits per heavy atom. The van der Waals surface area contributed by atoms with Crippen LogP contribution in [0.3, 0.4) is 0 Å². The molecule has 3 aromatic heterocycles. The Balaban J connectivity index is 0.000000225. The number of hydrogen-bond acceptors (Lipinski definition) is 16. The van der Waals surface area contributed by atoms with Gasteiger partial charge in [-0.3, -0.25) is 21.0 Å². The average Bonchev–Trinajstić information content (AvgIpc) is 1.67. The lowest BCUT2D eigenvalue weighted by Gasteiger charge is -2.37. The van der Waals surface area contributed by atoms with Gasteiger partial charge in [0, 0.05) is 36.6 Å². The summed E-state index contributed by atoms with van der Waals surface area (Å²) in [6.07, 6.45) is -28.7. The zero-order valence-corrected chi connectivity index (χ0v) is 69.1. The molecule has 0 radical (unpaired) electrons. The van der Waals surface area contributed by atoms with E-state index in [1.54, 1.807) is 135 Å². The fourth-order valence-corrected chi connectivity index (χ4v) is 14.7. The Morgan fingerprint density at radius 2 is 0.696 bits per heavy atom. The topological polar surface area (TPSA) is 277 Å². The molecule has 135 heavy (non-hydrogen) atoms. The normalized spacial score (nSPS) is 12.3. The van der Waals surface area contributed by atoms with Gasteiger partial charge in [0.05, 0.1) is 34.6 Å². The van der Waals surface area contributed by atoms with Gasteiger partial charge in [0.2, 0.25) is 5.95 Å². The van der Waals surface area contributed by atoms with E-state index in [-0.39, 0.29) is 110 Å². The predicted octanol–water partition coefficient (Wildman–Crippen LogP) is 24.4. The third kappa shape index (κ3) is 30.0. The lowest BCUT2D eigenvalue weighted by atomic mass is 9.77. The van der Waals surface area contributed by atoms with Crippen molar-refractivity contribution in [2.45, 2.75) is 129 Å². The second kappa shape index (κ2) is 44.0. The Labute approximate surface area is 763 Å². The first-order chi connectivity index (χ1) is 62.4. The van der Waals surface area contributed by atoms with Crippen LogP contribution in [0.4, 0.5) is 110 Å². The molecule has 1 fully saturated rings. The van der Waals surface area contributed by atoms with Crippen molar-refractivity contribution in [2.24, 2.45) is 0 Å². The summed E-state index contributed by atoms with van der Waals surface area (Å²) >= 11 is 0.897. The molecular weight excluding hydrogens is 1840 g/mol. The summed E-state index contributed by atoms with van der Waals surface area (Å²) < 4.78 is 268. The molecule has 6 amide bonds. The van der Waals surface area contributed by atoms with Crippen LogP contribution in [0, 0.1) is 6.92 Å². The average molecular weight is 1920 g/mol. The minimum atomic E-state index is -5.05. The Hall–Kier alpha value is -15.0. The van der Waals surface area contributed by atoms with Crippen molar-refractivity contribution in [3.63, 3.8) is 0 Å². The number of benzene rings is 10. The molecule has 42 heteroatoms. The number of alkyl halides is 18. The lowest BCUT2D eigenvalue weighted by Crippen LogP contribution is -2.50. The number of rotatable bonds is 28. The van der Waals surface area contributed by atoms with E-state index in [9.17, 15) is 98.2 Å². The highest BCUT2D eigenvalue weighted by atomic mass is 32.1. The largest absolute Gasteiger partial charge is 0.573 e. The SMILES string of the molecule is C.C.C.CCOC(=O)c1csc(NC(=O)NC(Cc2ccccc2)(c2cccc(OC(F)(F)F)c2)c2cccc(OC(F)(F)F)c2)n1.Cc1cc(NC(=O)NC(Cc2ccccc2)(c2cccc(OC(F)(F)F)c2)c2cccc(OC(F)(F)F)c2)n(-c2ccccc2)n1.O=C(Nc1n[nH]c(C2CC2)n1)NC(Cc1ccccc1)(c1cccc(OC(F)(F)F)c1)c1cccc(OC(F)(F)F)c1. The number of carbonyl (C=O) groups excluding carboxylic acids is 4. The molecule has 1 aliphatic carbocycles. The summed E-state index contributed by atoms with van der Waals surface area (Å²) in [5.41, 5.74) is -1.96. The molecule has 1 aliphatic rings. The van der Waals surface area contributed by atoms with Gasteiger partial charge in [-0.2, -0.15) is 10.1 Å². The molecular formula is C93H84F18N12O11S. The van der Waals surface area contributed by atoms with Crippen molar-refractivity contribution in [1.29, 1.82) is 0 Å². The maximum Gasteiger partial charge on any atom is 0.573 e. The molecule has 14 rings (SSSR count). The molecule has 10 aromatic carbocycles. The number of anilines is 3. The molecule has 0 spiro atoms. The fourth-order valence-electron chi connectivity index (χ4n) is 14.0. The zero-order valence-electron chi connectivity index (χ0n) is 68.3. The smallest absolute Gasteiger partial charge is 0.461 e. The molecule has 0 unspecified atom stereocenters. The van der Waals surface area contributed by atoms with Gasteiger partial charge >= 0.3 is 62.2 Å². The predicted molar refractivity (Wildman–Crippen MR) is 463 cm³/mol. The van der Waals surface area contributed by atoms with Crippen LogP contribution >= 0.6 is 11.3 Å². The van der Waals surface area contributed by atoms with Crippen molar-refractivity contribution in [1.82, 2.24) is 45.9 Å². The lowest BCUT2D eigenvalue weighted by molar-refractivity contribution is -0.275. The van der Waals surface area contributed by atoms with Gasteiger partial charge in [-0.15, -0.1) is 95.5 Å². The van der Waals surface area contributed by atoms with Crippen LogP contribution in [0.1, 0.15) is 120 Å². The van der Waals surface area contributed by atoms with Gasteiger partial charge < -0.3 is 49.1 Å². The molecule has 13 aromatic rings.